The molecule has 0 radical (unpaired) electrons. The molecular formula is C19H27N3O3. The Morgan fingerprint density at radius 3 is 2.80 bits per heavy atom. The molecule has 2 heterocycles. The van der Waals surface area contributed by atoms with Gasteiger partial charge in [-0.05, 0) is 51.2 Å². The van der Waals surface area contributed by atoms with Crippen LogP contribution in [0.15, 0.2) is 18.2 Å². The molecule has 6 heteroatoms. The summed E-state index contributed by atoms with van der Waals surface area (Å²) in [6.45, 7) is 4.71. The van der Waals surface area contributed by atoms with Crippen molar-refractivity contribution >= 4 is 17.6 Å². The van der Waals surface area contributed by atoms with Gasteiger partial charge in [-0.25, -0.2) is 4.79 Å². The van der Waals surface area contributed by atoms with E-state index >= 15 is 0 Å². The molecule has 1 saturated heterocycles. The molecule has 0 aromatic heterocycles. The number of ether oxygens (including phenoxy) is 1. The molecule has 1 fully saturated rings. The highest BCUT2D eigenvalue weighted by atomic mass is 16.5. The average Bonchev–Trinajstić information content (AvgIpc) is 3.03. The minimum Gasteiger partial charge on any atom is -0.485 e. The lowest BCUT2D eigenvalue weighted by atomic mass is 9.94. The summed E-state index contributed by atoms with van der Waals surface area (Å²) in [5, 5.41) is 2.96. The number of rotatable bonds is 2. The van der Waals surface area contributed by atoms with E-state index in [1.165, 1.54) is 0 Å². The fraction of sp³-hybridized carbons (Fsp3) is 0.579. The van der Waals surface area contributed by atoms with Crippen molar-refractivity contribution in [1.82, 2.24) is 9.80 Å². The van der Waals surface area contributed by atoms with E-state index < -0.39 is 0 Å². The van der Waals surface area contributed by atoms with Gasteiger partial charge in [0.1, 0.15) is 17.4 Å². The van der Waals surface area contributed by atoms with Gasteiger partial charge in [0.25, 0.3) is 0 Å². The lowest BCUT2D eigenvalue weighted by Crippen LogP contribution is -2.47. The first kappa shape index (κ1) is 17.6. The number of hydrogen-bond donors (Lipinski definition) is 1. The Morgan fingerprint density at radius 2 is 2.08 bits per heavy atom. The number of benzene rings is 1. The van der Waals surface area contributed by atoms with E-state index in [1.54, 1.807) is 23.9 Å². The molecular weight excluding hydrogens is 318 g/mol. The summed E-state index contributed by atoms with van der Waals surface area (Å²) < 4.78 is 6.12. The number of hydrogen-bond acceptors (Lipinski definition) is 3. The molecule has 3 rings (SSSR count). The van der Waals surface area contributed by atoms with Gasteiger partial charge in [-0.3, -0.25) is 4.79 Å². The zero-order valence-corrected chi connectivity index (χ0v) is 15.5. The number of aryl methyl sites for hydroxylation is 1. The number of urea groups is 1. The van der Waals surface area contributed by atoms with Gasteiger partial charge >= 0.3 is 6.03 Å². The Hall–Kier alpha value is -2.24. The first-order valence-corrected chi connectivity index (χ1v) is 8.88. The highest BCUT2D eigenvalue weighted by Gasteiger charge is 2.36. The van der Waals surface area contributed by atoms with Crippen molar-refractivity contribution in [2.75, 3.05) is 26.0 Å². The van der Waals surface area contributed by atoms with Crippen molar-refractivity contribution in [3.8, 4) is 5.75 Å². The number of amides is 3. The van der Waals surface area contributed by atoms with Crippen LogP contribution in [0, 0.1) is 0 Å². The minimum atomic E-state index is -0.383. The summed E-state index contributed by atoms with van der Waals surface area (Å²) in [6, 6.07) is 5.21. The number of fused-ring (bicyclic) bond motifs is 1. The van der Waals surface area contributed by atoms with E-state index in [-0.39, 0.29) is 23.6 Å². The molecule has 25 heavy (non-hydrogen) atoms. The second kappa shape index (κ2) is 6.58. The van der Waals surface area contributed by atoms with E-state index in [1.807, 2.05) is 18.2 Å². The smallest absolute Gasteiger partial charge is 0.322 e. The normalized spacial score (nSPS) is 21.3. The number of nitrogens with one attached hydrogen (secondary N) is 1. The fourth-order valence-electron chi connectivity index (χ4n) is 3.52. The van der Waals surface area contributed by atoms with Gasteiger partial charge < -0.3 is 19.9 Å². The van der Waals surface area contributed by atoms with E-state index in [9.17, 15) is 9.59 Å². The Balaban J connectivity index is 1.79. The van der Waals surface area contributed by atoms with Crippen LogP contribution in [0.5, 0.6) is 5.75 Å². The highest BCUT2D eigenvalue weighted by molar-refractivity contribution is 5.95. The van der Waals surface area contributed by atoms with Crippen LogP contribution < -0.4 is 10.1 Å². The maximum atomic E-state index is 12.8. The largest absolute Gasteiger partial charge is 0.485 e. The number of para-hydroxylation sites is 1. The summed E-state index contributed by atoms with van der Waals surface area (Å²) in [7, 11) is 3.44. The van der Waals surface area contributed by atoms with Gasteiger partial charge in [0.05, 0.1) is 5.69 Å². The third-order valence-corrected chi connectivity index (χ3v) is 4.95. The van der Waals surface area contributed by atoms with Gasteiger partial charge in [-0.15, -0.1) is 0 Å². The van der Waals surface area contributed by atoms with Gasteiger partial charge in [-0.1, -0.05) is 12.1 Å². The Labute approximate surface area is 149 Å². The lowest BCUT2D eigenvalue weighted by molar-refractivity contribution is -0.132. The molecule has 1 unspecified atom stereocenters. The number of likely N-dealkylation sites (tertiary alicyclic amines) is 1. The summed E-state index contributed by atoms with van der Waals surface area (Å²) in [5.74, 6) is 0.724. The quantitative estimate of drug-likeness (QED) is 0.896. The molecule has 1 aromatic carbocycles. The minimum absolute atomic E-state index is 0.0277. The molecule has 3 amide bonds. The molecule has 1 N–H and O–H groups in total. The summed E-state index contributed by atoms with van der Waals surface area (Å²) >= 11 is 0. The number of carbonyl (C=O) groups excluding carboxylic acids is 2. The summed E-state index contributed by atoms with van der Waals surface area (Å²) in [4.78, 5) is 28.3. The van der Waals surface area contributed by atoms with Crippen molar-refractivity contribution in [3.63, 3.8) is 0 Å². The molecule has 136 valence electrons. The second-order valence-corrected chi connectivity index (χ2v) is 7.67. The van der Waals surface area contributed by atoms with Crippen LogP contribution in [0.3, 0.4) is 0 Å². The third kappa shape index (κ3) is 3.57. The van der Waals surface area contributed by atoms with Crippen LogP contribution >= 0.6 is 0 Å². The Bertz CT molecular complexity index is 684. The summed E-state index contributed by atoms with van der Waals surface area (Å²) in [5.41, 5.74) is 1.54. The van der Waals surface area contributed by atoms with E-state index in [2.05, 4.69) is 19.2 Å². The van der Waals surface area contributed by atoms with Crippen LogP contribution in [0.25, 0.3) is 0 Å². The topological polar surface area (TPSA) is 61.9 Å². The number of likely N-dealkylation sites (N-methyl/N-ethyl adjacent to an activating group) is 1. The molecule has 1 aromatic rings. The molecule has 0 bridgehead atoms. The van der Waals surface area contributed by atoms with Gasteiger partial charge in [0, 0.05) is 20.6 Å². The van der Waals surface area contributed by atoms with E-state index in [0.29, 0.717) is 18.7 Å². The maximum absolute atomic E-state index is 12.8. The first-order chi connectivity index (χ1) is 11.8. The van der Waals surface area contributed by atoms with Gasteiger partial charge in [0.2, 0.25) is 5.91 Å². The maximum Gasteiger partial charge on any atom is 0.322 e. The molecule has 2 aliphatic rings. The van der Waals surface area contributed by atoms with Crippen molar-refractivity contribution in [1.29, 1.82) is 0 Å². The second-order valence-electron chi connectivity index (χ2n) is 7.67. The zero-order chi connectivity index (χ0) is 18.2. The number of anilines is 1. The van der Waals surface area contributed by atoms with Gasteiger partial charge in [0.15, 0.2) is 0 Å². The molecule has 0 saturated carbocycles. The molecule has 0 spiro atoms. The van der Waals surface area contributed by atoms with Crippen LogP contribution in [0.1, 0.15) is 38.7 Å². The average molecular weight is 345 g/mol. The zero-order valence-electron chi connectivity index (χ0n) is 15.5. The van der Waals surface area contributed by atoms with Crippen LogP contribution in [-0.4, -0.2) is 54.0 Å². The predicted octanol–water partition coefficient (Wildman–Crippen LogP) is 2.87. The lowest BCUT2D eigenvalue weighted by Gasteiger charge is -2.34. The standard InChI is InChI=1S/C19H27N3O3/c1-19(2)11-10-13-7-5-8-14(16(13)25-19)20-18(24)22-12-6-9-15(22)17(23)21(3)4/h5,7-8,15H,6,9-12H2,1-4H3,(H,20,24). The van der Waals surface area contributed by atoms with Crippen LogP contribution in [0.4, 0.5) is 10.5 Å². The van der Waals surface area contributed by atoms with Crippen LogP contribution in [-0.2, 0) is 11.2 Å². The van der Waals surface area contributed by atoms with Crippen molar-refractivity contribution < 1.29 is 14.3 Å². The number of carbonyl (C=O) groups is 2. The van der Waals surface area contributed by atoms with E-state index in [0.717, 1.165) is 30.6 Å². The van der Waals surface area contributed by atoms with Crippen molar-refractivity contribution in [3.05, 3.63) is 23.8 Å². The first-order valence-electron chi connectivity index (χ1n) is 8.88. The van der Waals surface area contributed by atoms with E-state index in [4.69, 9.17) is 4.74 Å². The predicted molar refractivity (Wildman–Crippen MR) is 96.9 cm³/mol. The third-order valence-electron chi connectivity index (χ3n) is 4.95. The molecule has 2 aliphatic heterocycles. The van der Waals surface area contributed by atoms with Crippen LogP contribution in [0.2, 0.25) is 0 Å². The molecule has 1 atom stereocenters. The molecule has 0 aliphatic carbocycles. The summed E-state index contributed by atoms with van der Waals surface area (Å²) in [6.07, 6.45) is 3.43. The highest BCUT2D eigenvalue weighted by Crippen LogP contribution is 2.38. The van der Waals surface area contributed by atoms with Crippen molar-refractivity contribution in [2.24, 2.45) is 0 Å². The molecule has 6 nitrogen and oxygen atoms in total. The SMILES string of the molecule is CN(C)C(=O)C1CCCN1C(=O)Nc1cccc2c1OC(C)(C)CC2. The Morgan fingerprint density at radius 1 is 1.32 bits per heavy atom. The van der Waals surface area contributed by atoms with Gasteiger partial charge in [-0.2, -0.15) is 0 Å². The van der Waals surface area contributed by atoms with Crippen molar-refractivity contribution in [2.45, 2.75) is 51.2 Å². The number of nitrogens with zero attached hydrogens (tertiary/aromatic N) is 2. The monoisotopic (exact) mass is 345 g/mol. The Kier molecular flexibility index (Phi) is 4.62. The fourth-order valence-corrected chi connectivity index (χ4v) is 3.52.